The van der Waals surface area contributed by atoms with E-state index in [1.54, 1.807) is 15.9 Å². The first kappa shape index (κ1) is 23.8. The van der Waals surface area contributed by atoms with Crippen LogP contribution >= 0.6 is 23.1 Å². The molecule has 1 amide bonds. The Morgan fingerprint density at radius 2 is 1.77 bits per heavy atom. The van der Waals surface area contributed by atoms with Crippen molar-refractivity contribution in [1.29, 1.82) is 0 Å². The van der Waals surface area contributed by atoms with E-state index in [1.165, 1.54) is 22.2 Å². The predicted octanol–water partition coefficient (Wildman–Crippen LogP) is 6.29. The van der Waals surface area contributed by atoms with Crippen molar-refractivity contribution < 1.29 is 4.79 Å². The van der Waals surface area contributed by atoms with Gasteiger partial charge in [0.1, 0.15) is 4.83 Å². The number of nitrogens with zero attached hydrogens (tertiary/aromatic N) is 2. The van der Waals surface area contributed by atoms with Crippen LogP contribution in [0.4, 0.5) is 5.69 Å². The van der Waals surface area contributed by atoms with Gasteiger partial charge in [0.2, 0.25) is 5.91 Å². The van der Waals surface area contributed by atoms with Crippen LogP contribution in [0.25, 0.3) is 15.9 Å². The first-order valence-corrected chi connectivity index (χ1v) is 13.8. The molecule has 2 aromatic heterocycles. The molecular formula is C28H29N3O2S2. The van der Waals surface area contributed by atoms with Crippen molar-refractivity contribution in [2.45, 2.75) is 58.5 Å². The summed E-state index contributed by atoms with van der Waals surface area (Å²) in [6.45, 7) is 8.05. The Hall–Kier alpha value is -2.90. The Morgan fingerprint density at radius 3 is 2.57 bits per heavy atom. The molecule has 1 aliphatic rings. The van der Waals surface area contributed by atoms with Crippen LogP contribution in [0.3, 0.4) is 0 Å². The maximum atomic E-state index is 14.0. The first-order chi connectivity index (χ1) is 16.8. The van der Waals surface area contributed by atoms with Crippen LogP contribution in [-0.4, -0.2) is 21.2 Å². The van der Waals surface area contributed by atoms with Gasteiger partial charge in [-0.1, -0.05) is 41.6 Å². The number of fused-ring (bicyclic) bond motifs is 3. The van der Waals surface area contributed by atoms with Gasteiger partial charge in [0.25, 0.3) is 5.56 Å². The second-order valence-electron chi connectivity index (χ2n) is 9.37. The van der Waals surface area contributed by atoms with E-state index >= 15 is 0 Å². The van der Waals surface area contributed by atoms with Gasteiger partial charge in [0.05, 0.1) is 16.8 Å². The third kappa shape index (κ3) is 4.67. The summed E-state index contributed by atoms with van der Waals surface area (Å²) in [6.07, 6.45) is 4.21. The number of thiophene rings is 1. The fourth-order valence-corrected chi connectivity index (χ4v) is 6.85. The molecule has 5 nitrogen and oxygen atoms in total. The molecular weight excluding hydrogens is 474 g/mol. The average Bonchev–Trinajstić information content (AvgIpc) is 3.19. The highest BCUT2D eigenvalue weighted by Crippen LogP contribution is 2.35. The molecule has 0 bridgehead atoms. The van der Waals surface area contributed by atoms with Gasteiger partial charge in [0.15, 0.2) is 5.16 Å². The van der Waals surface area contributed by atoms with Crippen LogP contribution in [0.15, 0.2) is 46.3 Å². The van der Waals surface area contributed by atoms with E-state index in [0.29, 0.717) is 5.16 Å². The van der Waals surface area contributed by atoms with Gasteiger partial charge in [-0.05, 0) is 87.8 Å². The van der Waals surface area contributed by atoms with Crippen LogP contribution in [-0.2, 0) is 17.6 Å². The lowest BCUT2D eigenvalue weighted by molar-refractivity contribution is -0.113. The smallest absolute Gasteiger partial charge is 0.267 e. The number of rotatable bonds is 5. The molecule has 0 atom stereocenters. The standard InChI is InChI=1S/C28H29N3O2S2/c1-16-10-12-22(19(4)13-16)31-27(33)25-20-7-5-6-8-23(20)35-26(25)30-28(31)34-15-24(32)29-21-14-17(2)9-11-18(21)3/h9-14H,5-8,15H2,1-4H3,(H,29,32). The molecule has 2 heterocycles. The molecule has 0 aliphatic heterocycles. The van der Waals surface area contributed by atoms with Crippen molar-refractivity contribution in [3.05, 3.63) is 79.4 Å². The topological polar surface area (TPSA) is 64.0 Å². The molecule has 1 N–H and O–H groups in total. The van der Waals surface area contributed by atoms with Gasteiger partial charge in [-0.15, -0.1) is 11.3 Å². The van der Waals surface area contributed by atoms with E-state index in [4.69, 9.17) is 4.98 Å². The summed E-state index contributed by atoms with van der Waals surface area (Å²) in [6, 6.07) is 12.1. The van der Waals surface area contributed by atoms with Crippen LogP contribution in [0.2, 0.25) is 0 Å². The highest BCUT2D eigenvalue weighted by Gasteiger charge is 2.24. The third-order valence-electron chi connectivity index (χ3n) is 6.55. The zero-order chi connectivity index (χ0) is 24.7. The van der Waals surface area contributed by atoms with Crippen LogP contribution < -0.4 is 10.9 Å². The summed E-state index contributed by atoms with van der Waals surface area (Å²) >= 11 is 2.95. The summed E-state index contributed by atoms with van der Waals surface area (Å²) in [5, 5.41) is 4.34. The molecule has 7 heteroatoms. The van der Waals surface area contributed by atoms with Crippen molar-refractivity contribution in [3.8, 4) is 5.69 Å². The number of carbonyl (C=O) groups excluding carboxylic acids is 1. The van der Waals surface area contributed by atoms with Crippen molar-refractivity contribution in [1.82, 2.24) is 9.55 Å². The second kappa shape index (κ2) is 9.63. The Morgan fingerprint density at radius 1 is 1.03 bits per heavy atom. The number of anilines is 1. The molecule has 2 aromatic carbocycles. The molecule has 0 saturated heterocycles. The lowest BCUT2D eigenvalue weighted by Crippen LogP contribution is -2.24. The number of amides is 1. The largest absolute Gasteiger partial charge is 0.325 e. The fraction of sp³-hybridized carbons (Fsp3) is 0.321. The van der Waals surface area contributed by atoms with Crippen molar-refractivity contribution >= 4 is 44.9 Å². The number of benzene rings is 2. The Balaban J connectivity index is 1.55. The molecule has 0 spiro atoms. The normalized spacial score (nSPS) is 13.1. The zero-order valence-corrected chi connectivity index (χ0v) is 22.2. The van der Waals surface area contributed by atoms with Crippen LogP contribution in [0, 0.1) is 27.7 Å². The van der Waals surface area contributed by atoms with Crippen LogP contribution in [0.5, 0.6) is 0 Å². The molecule has 35 heavy (non-hydrogen) atoms. The van der Waals surface area contributed by atoms with Gasteiger partial charge in [-0.2, -0.15) is 0 Å². The number of carbonyl (C=O) groups is 1. The minimum Gasteiger partial charge on any atom is -0.325 e. The number of aryl methyl sites for hydroxylation is 6. The number of nitrogens with one attached hydrogen (secondary N) is 1. The first-order valence-electron chi connectivity index (χ1n) is 12.0. The van der Waals surface area contributed by atoms with E-state index in [9.17, 15) is 9.59 Å². The van der Waals surface area contributed by atoms with Gasteiger partial charge in [-0.3, -0.25) is 14.2 Å². The third-order valence-corrected chi connectivity index (χ3v) is 8.68. The molecule has 5 rings (SSSR count). The zero-order valence-electron chi connectivity index (χ0n) is 20.5. The Labute approximate surface area is 213 Å². The summed E-state index contributed by atoms with van der Waals surface area (Å²) in [4.78, 5) is 33.9. The van der Waals surface area contributed by atoms with E-state index in [-0.39, 0.29) is 17.2 Å². The van der Waals surface area contributed by atoms with Gasteiger partial charge < -0.3 is 5.32 Å². The van der Waals surface area contributed by atoms with E-state index in [0.717, 1.165) is 69.5 Å². The highest BCUT2D eigenvalue weighted by molar-refractivity contribution is 7.99. The number of thioether (sulfide) groups is 1. The Bertz CT molecular complexity index is 1520. The molecule has 0 unspecified atom stereocenters. The molecule has 4 aromatic rings. The minimum absolute atomic E-state index is 0.0289. The summed E-state index contributed by atoms with van der Waals surface area (Å²) in [5.41, 5.74) is 7.05. The van der Waals surface area contributed by atoms with Crippen molar-refractivity contribution in [3.63, 3.8) is 0 Å². The summed E-state index contributed by atoms with van der Waals surface area (Å²) in [5.74, 6) is 0.0529. The molecule has 0 radical (unpaired) electrons. The highest BCUT2D eigenvalue weighted by atomic mass is 32.2. The van der Waals surface area contributed by atoms with E-state index < -0.39 is 0 Å². The maximum absolute atomic E-state index is 14.0. The quantitative estimate of drug-likeness (QED) is 0.257. The average molecular weight is 504 g/mol. The van der Waals surface area contributed by atoms with Gasteiger partial charge >= 0.3 is 0 Å². The second-order valence-corrected chi connectivity index (χ2v) is 11.4. The Kier molecular flexibility index (Phi) is 6.55. The van der Waals surface area contributed by atoms with Crippen molar-refractivity contribution in [2.75, 3.05) is 11.1 Å². The minimum atomic E-state index is -0.115. The molecule has 1 aliphatic carbocycles. The number of aromatic nitrogens is 2. The van der Waals surface area contributed by atoms with E-state index in [2.05, 4.69) is 11.4 Å². The SMILES string of the molecule is Cc1ccc(-n2c(SCC(=O)Nc3cc(C)ccc3C)nc3sc4c(c3c2=O)CCCC4)c(C)c1. The maximum Gasteiger partial charge on any atom is 0.267 e. The van der Waals surface area contributed by atoms with Crippen molar-refractivity contribution in [2.24, 2.45) is 0 Å². The number of hydrogen-bond donors (Lipinski definition) is 1. The monoisotopic (exact) mass is 503 g/mol. The number of hydrogen-bond acceptors (Lipinski definition) is 5. The lowest BCUT2D eigenvalue weighted by atomic mass is 9.97. The summed E-state index contributed by atoms with van der Waals surface area (Å²) in [7, 11) is 0. The molecule has 0 fully saturated rings. The fourth-order valence-electron chi connectivity index (χ4n) is 4.74. The van der Waals surface area contributed by atoms with E-state index in [1.807, 2.05) is 58.0 Å². The van der Waals surface area contributed by atoms with Crippen LogP contribution in [0.1, 0.15) is 45.5 Å². The lowest BCUT2D eigenvalue weighted by Gasteiger charge is -2.16. The molecule has 0 saturated carbocycles. The summed E-state index contributed by atoms with van der Waals surface area (Å²) < 4.78 is 1.72. The predicted molar refractivity (Wildman–Crippen MR) is 147 cm³/mol. The van der Waals surface area contributed by atoms with Gasteiger partial charge in [-0.25, -0.2) is 4.98 Å². The molecule has 180 valence electrons. The van der Waals surface area contributed by atoms with Gasteiger partial charge in [0, 0.05) is 10.6 Å².